The van der Waals surface area contributed by atoms with Crippen molar-refractivity contribution in [3.05, 3.63) is 144 Å². The van der Waals surface area contributed by atoms with E-state index in [2.05, 4.69) is 0 Å². The Morgan fingerprint density at radius 3 is 1.54 bits per heavy atom. The third-order valence-corrected chi connectivity index (χ3v) is 9.38. The fourth-order valence-corrected chi connectivity index (χ4v) is 6.62. The number of hydrogen-bond donors (Lipinski definition) is 1. The molecule has 2 aliphatic rings. The Morgan fingerprint density at radius 1 is 0.589 bits per heavy atom. The minimum Gasteiger partial charge on any atom is -0.467 e. The number of aliphatic hydroxyl groups excluding tert-OH is 1. The van der Waals surface area contributed by atoms with Crippen molar-refractivity contribution in [1.29, 1.82) is 0 Å². The lowest BCUT2D eigenvalue weighted by atomic mass is 9.96. The predicted octanol–water partition coefficient (Wildman–Crippen LogP) is 4.92. The third-order valence-electron chi connectivity index (χ3n) is 9.38. The molecule has 56 heavy (non-hydrogen) atoms. The molecule has 0 spiro atoms. The first kappa shape index (κ1) is 40.7. The van der Waals surface area contributed by atoms with Crippen molar-refractivity contribution in [1.82, 2.24) is 0 Å². The van der Waals surface area contributed by atoms with Crippen LogP contribution in [-0.2, 0) is 72.0 Å². The van der Waals surface area contributed by atoms with Gasteiger partial charge in [-0.3, -0.25) is 4.79 Å². The summed E-state index contributed by atoms with van der Waals surface area (Å²) in [5, 5.41) is 11.3. The van der Waals surface area contributed by atoms with Gasteiger partial charge in [0, 0.05) is 6.92 Å². The monoisotopic (exact) mass is 770 g/mol. The van der Waals surface area contributed by atoms with E-state index >= 15 is 0 Å². The Bertz CT molecular complexity index is 1830. The highest BCUT2D eigenvalue weighted by atomic mass is 16.8. The van der Waals surface area contributed by atoms with Gasteiger partial charge in [0.2, 0.25) is 0 Å². The predicted molar refractivity (Wildman–Crippen MR) is 198 cm³/mol. The Labute approximate surface area is 325 Å². The average molecular weight is 771 g/mol. The summed E-state index contributed by atoms with van der Waals surface area (Å²) in [6, 6.07) is 36.3. The molecular weight excluding hydrogens is 724 g/mol. The zero-order valence-corrected chi connectivity index (χ0v) is 31.3. The molecule has 0 radical (unpaired) electrons. The minimum atomic E-state index is -1.65. The van der Waals surface area contributed by atoms with Crippen LogP contribution < -0.4 is 0 Å². The van der Waals surface area contributed by atoms with Crippen LogP contribution in [0.25, 0.3) is 0 Å². The van der Waals surface area contributed by atoms with E-state index in [1.807, 2.05) is 91.0 Å². The molecule has 0 unspecified atom stereocenters. The van der Waals surface area contributed by atoms with E-state index in [0.717, 1.165) is 16.7 Å². The van der Waals surface area contributed by atoms with Gasteiger partial charge in [0.05, 0.1) is 38.6 Å². The normalized spacial score (nSPS) is 27.5. The van der Waals surface area contributed by atoms with Crippen molar-refractivity contribution in [2.75, 3.05) is 7.11 Å². The molecule has 0 bridgehead atoms. The molecule has 6 rings (SSSR count). The first-order valence-corrected chi connectivity index (χ1v) is 18.3. The SMILES string of the molecule is COC(=O)[C@H]1O[C@H](O)[C@H](OCc2ccccc2)[C@@H](OCc2ccccc2)[C@H]1O[C@@H]1O[C@@H](C)[C@H](OC(=O)c2ccccc2)[C@@H](OCc2ccccc2)[C@H]1OC(C)=O. The largest absolute Gasteiger partial charge is 0.467 e. The molecule has 0 aliphatic carbocycles. The van der Waals surface area contributed by atoms with E-state index in [0.29, 0.717) is 5.56 Å². The molecular formula is C43H46O13. The van der Waals surface area contributed by atoms with Crippen LogP contribution in [0.15, 0.2) is 121 Å². The van der Waals surface area contributed by atoms with Gasteiger partial charge in [-0.25, -0.2) is 9.59 Å². The summed E-state index contributed by atoms with van der Waals surface area (Å²) in [6.45, 7) is 3.02. The van der Waals surface area contributed by atoms with E-state index in [9.17, 15) is 19.5 Å². The Hall–Kier alpha value is -4.99. The number of benzene rings is 4. The van der Waals surface area contributed by atoms with Crippen molar-refractivity contribution in [2.24, 2.45) is 0 Å². The Morgan fingerprint density at radius 2 is 1.05 bits per heavy atom. The van der Waals surface area contributed by atoms with E-state index in [-0.39, 0.29) is 19.8 Å². The molecule has 0 amide bonds. The van der Waals surface area contributed by atoms with Gasteiger partial charge in [0.25, 0.3) is 0 Å². The van der Waals surface area contributed by atoms with E-state index in [4.69, 9.17) is 42.6 Å². The number of ether oxygens (including phenoxy) is 9. The zero-order chi connectivity index (χ0) is 39.4. The van der Waals surface area contributed by atoms with E-state index < -0.39 is 79.3 Å². The van der Waals surface area contributed by atoms with Gasteiger partial charge in [-0.1, -0.05) is 109 Å². The van der Waals surface area contributed by atoms with Crippen LogP contribution in [-0.4, -0.2) is 91.5 Å². The summed E-state index contributed by atoms with van der Waals surface area (Å²) < 4.78 is 55.0. The third kappa shape index (κ3) is 10.4. The van der Waals surface area contributed by atoms with Crippen molar-refractivity contribution in [2.45, 2.75) is 95.1 Å². The van der Waals surface area contributed by atoms with Crippen molar-refractivity contribution < 1.29 is 62.1 Å². The summed E-state index contributed by atoms with van der Waals surface area (Å²) in [5.41, 5.74) is 2.69. The van der Waals surface area contributed by atoms with Gasteiger partial charge >= 0.3 is 17.9 Å². The highest BCUT2D eigenvalue weighted by molar-refractivity contribution is 5.89. The lowest BCUT2D eigenvalue weighted by molar-refractivity contribution is -0.358. The quantitative estimate of drug-likeness (QED) is 0.129. The van der Waals surface area contributed by atoms with E-state index in [1.54, 1.807) is 37.3 Å². The van der Waals surface area contributed by atoms with Crippen molar-refractivity contribution in [3.63, 3.8) is 0 Å². The van der Waals surface area contributed by atoms with Crippen LogP contribution in [0.2, 0.25) is 0 Å². The van der Waals surface area contributed by atoms with Crippen molar-refractivity contribution in [3.8, 4) is 0 Å². The molecule has 10 atom stereocenters. The lowest BCUT2D eigenvalue weighted by Crippen LogP contribution is -2.66. The Kier molecular flexibility index (Phi) is 14.3. The molecule has 4 aromatic rings. The number of hydrogen-bond acceptors (Lipinski definition) is 13. The zero-order valence-electron chi connectivity index (χ0n) is 31.3. The van der Waals surface area contributed by atoms with Gasteiger partial charge in [-0.2, -0.15) is 0 Å². The molecule has 13 heteroatoms. The van der Waals surface area contributed by atoms with E-state index in [1.165, 1.54) is 14.0 Å². The van der Waals surface area contributed by atoms with Gasteiger partial charge < -0.3 is 47.7 Å². The summed E-state index contributed by atoms with van der Waals surface area (Å²) >= 11 is 0. The maximum absolute atomic E-state index is 13.4. The molecule has 296 valence electrons. The molecule has 0 saturated carbocycles. The van der Waals surface area contributed by atoms with Crippen molar-refractivity contribution >= 4 is 17.9 Å². The molecule has 4 aromatic carbocycles. The molecule has 2 heterocycles. The second kappa shape index (κ2) is 19.7. The van der Waals surface area contributed by atoms with Gasteiger partial charge in [-0.05, 0) is 35.7 Å². The maximum Gasteiger partial charge on any atom is 0.338 e. The number of rotatable bonds is 15. The van der Waals surface area contributed by atoms with Gasteiger partial charge in [0.1, 0.15) is 24.4 Å². The lowest BCUT2D eigenvalue weighted by Gasteiger charge is -2.48. The maximum atomic E-state index is 13.4. The Balaban J connectivity index is 1.35. The molecule has 1 N–H and O–H groups in total. The number of carbonyl (C=O) groups excluding carboxylic acids is 3. The summed E-state index contributed by atoms with van der Waals surface area (Å²) in [6.07, 6.45) is -12.9. The fraction of sp³-hybridized carbons (Fsp3) is 0.372. The van der Waals surface area contributed by atoms with Crippen LogP contribution in [0.3, 0.4) is 0 Å². The smallest absolute Gasteiger partial charge is 0.338 e. The first-order chi connectivity index (χ1) is 27.2. The molecule has 0 aromatic heterocycles. The fourth-order valence-electron chi connectivity index (χ4n) is 6.62. The van der Waals surface area contributed by atoms with Crippen LogP contribution >= 0.6 is 0 Å². The molecule has 2 saturated heterocycles. The van der Waals surface area contributed by atoms with Gasteiger partial charge in [-0.15, -0.1) is 0 Å². The van der Waals surface area contributed by atoms with Crippen LogP contribution in [0.5, 0.6) is 0 Å². The number of aliphatic hydroxyl groups is 1. The highest BCUT2D eigenvalue weighted by Gasteiger charge is 2.56. The first-order valence-electron chi connectivity index (χ1n) is 18.3. The molecule has 2 fully saturated rings. The second-order valence-corrected chi connectivity index (χ2v) is 13.4. The number of carbonyl (C=O) groups is 3. The molecule has 2 aliphatic heterocycles. The summed E-state index contributed by atoms with van der Waals surface area (Å²) in [7, 11) is 1.17. The standard InChI is InChI=1S/C43H46O13/c1-27-33(54-40(45)32-22-14-7-15-23-32)34(49-24-29-16-8-4-9-17-29)39(53-28(2)44)43(52-27)56-36-35(50-25-30-18-10-5-11-19-30)37(42(47)55-38(36)41(46)48-3)51-26-31-20-12-6-13-21-31/h4-23,27,33-39,42-43,47H,24-26H2,1-3H3/t27-,33-,34+,35-,36+,37+,38-,39+,42-,43-/m0/s1. The summed E-state index contributed by atoms with van der Waals surface area (Å²) in [5.74, 6) is -2.22. The van der Waals surface area contributed by atoms with Gasteiger partial charge in [0.15, 0.2) is 30.9 Å². The summed E-state index contributed by atoms with van der Waals surface area (Å²) in [4.78, 5) is 39.6. The number of methoxy groups -OCH3 is 1. The van der Waals surface area contributed by atoms with Crippen LogP contribution in [0.1, 0.15) is 40.9 Å². The van der Waals surface area contributed by atoms with Crippen LogP contribution in [0, 0.1) is 0 Å². The van der Waals surface area contributed by atoms with Crippen LogP contribution in [0.4, 0.5) is 0 Å². The topological polar surface area (TPSA) is 155 Å². The second-order valence-electron chi connectivity index (χ2n) is 13.4. The minimum absolute atomic E-state index is 0.0345. The average Bonchev–Trinajstić information content (AvgIpc) is 3.22. The number of esters is 3. The molecule has 13 nitrogen and oxygen atoms in total. The highest BCUT2D eigenvalue weighted by Crippen LogP contribution is 2.35.